The number of benzene rings is 1. The van der Waals surface area contributed by atoms with Crippen LogP contribution < -0.4 is 9.47 Å². The smallest absolute Gasteiger partial charge is 0.416 e. The first-order valence-electron chi connectivity index (χ1n) is 5.31. The van der Waals surface area contributed by atoms with Gasteiger partial charge in [-0.1, -0.05) is 17.7 Å². The molecule has 8 heteroatoms. The maximum absolute atomic E-state index is 12.6. The lowest BCUT2D eigenvalue weighted by Gasteiger charge is -2.11. The fourth-order valence-electron chi connectivity index (χ4n) is 1.43. The molecule has 0 atom stereocenters. The Labute approximate surface area is 117 Å². The summed E-state index contributed by atoms with van der Waals surface area (Å²) in [6.07, 6.45) is -3.33. The van der Waals surface area contributed by atoms with Crippen LogP contribution in [0.5, 0.6) is 17.4 Å². The molecule has 1 aromatic carbocycles. The zero-order valence-corrected chi connectivity index (χ0v) is 10.9. The molecule has 1 heterocycles. The number of ether oxygens (including phenoxy) is 2. The molecule has 2 rings (SSSR count). The van der Waals surface area contributed by atoms with E-state index in [1.807, 2.05) is 0 Å². The molecular formula is C12H8ClF3N2O2. The van der Waals surface area contributed by atoms with Gasteiger partial charge in [0.05, 0.1) is 12.7 Å². The Morgan fingerprint density at radius 1 is 1.20 bits per heavy atom. The maximum Gasteiger partial charge on any atom is 0.416 e. The van der Waals surface area contributed by atoms with Crippen molar-refractivity contribution in [1.29, 1.82) is 0 Å². The molecule has 4 nitrogen and oxygen atoms in total. The number of halogens is 4. The zero-order valence-electron chi connectivity index (χ0n) is 10.1. The van der Waals surface area contributed by atoms with Crippen molar-refractivity contribution in [1.82, 2.24) is 9.97 Å². The topological polar surface area (TPSA) is 44.2 Å². The average molecular weight is 305 g/mol. The minimum atomic E-state index is -4.45. The summed E-state index contributed by atoms with van der Waals surface area (Å²) in [4.78, 5) is 7.45. The molecule has 0 aliphatic heterocycles. The number of nitrogens with zero attached hydrogens (tertiary/aromatic N) is 2. The van der Waals surface area contributed by atoms with Crippen LogP contribution >= 0.6 is 11.6 Å². The van der Waals surface area contributed by atoms with E-state index in [1.54, 1.807) is 0 Å². The molecule has 0 saturated carbocycles. The predicted molar refractivity (Wildman–Crippen MR) is 65.1 cm³/mol. The van der Waals surface area contributed by atoms with E-state index < -0.39 is 11.7 Å². The van der Waals surface area contributed by atoms with Gasteiger partial charge in [0.25, 0.3) is 5.88 Å². The van der Waals surface area contributed by atoms with Crippen LogP contribution in [0.2, 0.25) is 5.15 Å². The summed E-state index contributed by atoms with van der Waals surface area (Å²) in [5, 5.41) is 0.00414. The number of hydrogen-bond acceptors (Lipinski definition) is 4. The van der Waals surface area contributed by atoms with Crippen molar-refractivity contribution in [2.75, 3.05) is 7.11 Å². The minimum absolute atomic E-state index is 0.00414. The molecule has 0 fully saturated rings. The highest BCUT2D eigenvalue weighted by Gasteiger charge is 2.30. The van der Waals surface area contributed by atoms with Gasteiger partial charge in [-0.3, -0.25) is 0 Å². The lowest BCUT2D eigenvalue weighted by molar-refractivity contribution is -0.137. The van der Waals surface area contributed by atoms with Crippen molar-refractivity contribution in [2.45, 2.75) is 6.18 Å². The summed E-state index contributed by atoms with van der Waals surface area (Å²) in [5.41, 5.74) is -0.825. The lowest BCUT2D eigenvalue weighted by atomic mass is 10.2. The second-order valence-corrected chi connectivity index (χ2v) is 3.99. The van der Waals surface area contributed by atoms with Gasteiger partial charge in [0.2, 0.25) is 5.75 Å². The van der Waals surface area contributed by atoms with Gasteiger partial charge in [-0.05, 0) is 18.2 Å². The Morgan fingerprint density at radius 3 is 2.60 bits per heavy atom. The number of aromatic nitrogens is 2. The van der Waals surface area contributed by atoms with Crippen molar-refractivity contribution < 1.29 is 22.6 Å². The van der Waals surface area contributed by atoms with Crippen LogP contribution in [0.1, 0.15) is 5.56 Å². The molecule has 0 unspecified atom stereocenters. The van der Waals surface area contributed by atoms with Crippen LogP contribution in [0, 0.1) is 0 Å². The van der Waals surface area contributed by atoms with E-state index in [9.17, 15) is 13.2 Å². The first-order valence-corrected chi connectivity index (χ1v) is 5.69. The van der Waals surface area contributed by atoms with E-state index in [-0.39, 0.29) is 22.5 Å². The van der Waals surface area contributed by atoms with Gasteiger partial charge < -0.3 is 9.47 Å². The Morgan fingerprint density at radius 2 is 1.95 bits per heavy atom. The van der Waals surface area contributed by atoms with Crippen molar-refractivity contribution in [3.8, 4) is 17.4 Å². The Kier molecular flexibility index (Phi) is 3.99. The van der Waals surface area contributed by atoms with E-state index in [1.165, 1.54) is 19.2 Å². The maximum atomic E-state index is 12.6. The van der Waals surface area contributed by atoms with E-state index in [0.717, 1.165) is 18.5 Å². The average Bonchev–Trinajstić information content (AvgIpc) is 2.38. The highest BCUT2D eigenvalue weighted by atomic mass is 35.5. The van der Waals surface area contributed by atoms with E-state index in [2.05, 4.69) is 9.97 Å². The van der Waals surface area contributed by atoms with Crippen LogP contribution in [-0.2, 0) is 6.18 Å². The highest BCUT2D eigenvalue weighted by Crippen LogP contribution is 2.36. The van der Waals surface area contributed by atoms with E-state index in [0.29, 0.717) is 0 Å². The Bertz CT molecular complexity index is 620. The fraction of sp³-hybridized carbons (Fsp3) is 0.167. The van der Waals surface area contributed by atoms with Gasteiger partial charge in [-0.2, -0.15) is 18.2 Å². The normalized spacial score (nSPS) is 11.2. The van der Waals surface area contributed by atoms with Crippen LogP contribution in [-0.4, -0.2) is 17.1 Å². The van der Waals surface area contributed by atoms with Gasteiger partial charge in [0.15, 0.2) is 5.15 Å². The van der Waals surface area contributed by atoms with Gasteiger partial charge in [-0.15, -0.1) is 0 Å². The molecule has 0 N–H and O–H groups in total. The van der Waals surface area contributed by atoms with Gasteiger partial charge in [0.1, 0.15) is 12.1 Å². The third kappa shape index (κ3) is 3.11. The summed E-state index contributed by atoms with van der Waals surface area (Å²) in [6.45, 7) is 0. The number of methoxy groups -OCH3 is 1. The van der Waals surface area contributed by atoms with Crippen molar-refractivity contribution in [3.05, 3.63) is 41.3 Å². The van der Waals surface area contributed by atoms with E-state index in [4.69, 9.17) is 21.1 Å². The standard InChI is InChI=1S/C12H8ClF3N2O2/c1-19-9-10(13)17-6-18-11(9)20-8-4-2-3-7(5-8)12(14,15)16/h2-6H,1H3. The SMILES string of the molecule is COc1c(Cl)ncnc1Oc1cccc(C(F)(F)F)c1. The molecule has 106 valence electrons. The third-order valence-electron chi connectivity index (χ3n) is 2.31. The summed E-state index contributed by atoms with van der Waals surface area (Å²) >= 11 is 5.76. The number of rotatable bonds is 3. The molecule has 0 spiro atoms. The molecule has 2 aromatic rings. The molecule has 0 aliphatic rings. The van der Waals surface area contributed by atoms with Gasteiger partial charge >= 0.3 is 6.18 Å². The summed E-state index contributed by atoms with van der Waals surface area (Å²) < 4.78 is 48.0. The second kappa shape index (κ2) is 5.54. The molecule has 0 bridgehead atoms. The quantitative estimate of drug-likeness (QED) is 0.805. The fourth-order valence-corrected chi connectivity index (χ4v) is 1.63. The highest BCUT2D eigenvalue weighted by molar-refractivity contribution is 6.31. The Hall–Kier alpha value is -2.02. The molecular weight excluding hydrogens is 297 g/mol. The first kappa shape index (κ1) is 14.4. The minimum Gasteiger partial charge on any atom is -0.489 e. The van der Waals surface area contributed by atoms with Crippen LogP contribution in [0.15, 0.2) is 30.6 Å². The van der Waals surface area contributed by atoms with Crippen LogP contribution in [0.25, 0.3) is 0 Å². The molecule has 0 radical (unpaired) electrons. The number of alkyl halides is 3. The molecule has 20 heavy (non-hydrogen) atoms. The summed E-state index contributed by atoms with van der Waals surface area (Å²) in [7, 11) is 1.32. The Balaban J connectivity index is 2.34. The first-order chi connectivity index (χ1) is 9.41. The largest absolute Gasteiger partial charge is 0.489 e. The zero-order chi connectivity index (χ0) is 14.8. The molecule has 1 aromatic heterocycles. The van der Waals surface area contributed by atoms with E-state index >= 15 is 0 Å². The van der Waals surface area contributed by atoms with Crippen LogP contribution in [0.4, 0.5) is 13.2 Å². The summed E-state index contributed by atoms with van der Waals surface area (Å²) in [6, 6.07) is 4.39. The third-order valence-corrected chi connectivity index (χ3v) is 2.58. The molecule has 0 saturated heterocycles. The van der Waals surface area contributed by atoms with Crippen LogP contribution in [0.3, 0.4) is 0 Å². The summed E-state index contributed by atoms with van der Waals surface area (Å²) in [5.74, 6) is -0.0497. The van der Waals surface area contributed by atoms with Crippen molar-refractivity contribution in [3.63, 3.8) is 0 Å². The van der Waals surface area contributed by atoms with Crippen molar-refractivity contribution >= 4 is 11.6 Å². The number of hydrogen-bond donors (Lipinski definition) is 0. The van der Waals surface area contributed by atoms with Gasteiger partial charge in [0, 0.05) is 0 Å². The molecule has 0 amide bonds. The molecule has 0 aliphatic carbocycles. The monoisotopic (exact) mass is 304 g/mol. The second-order valence-electron chi connectivity index (χ2n) is 3.63. The van der Waals surface area contributed by atoms with Crippen molar-refractivity contribution in [2.24, 2.45) is 0 Å². The predicted octanol–water partition coefficient (Wildman–Crippen LogP) is 3.95. The lowest BCUT2D eigenvalue weighted by Crippen LogP contribution is -2.04. The van der Waals surface area contributed by atoms with Gasteiger partial charge in [-0.25, -0.2) is 4.98 Å².